The minimum Gasteiger partial charge on any atom is -0.748 e. The van der Waals surface area contributed by atoms with Gasteiger partial charge in [0.2, 0.25) is 0 Å². The van der Waals surface area contributed by atoms with Crippen LogP contribution in [0.3, 0.4) is 0 Å². The first-order chi connectivity index (χ1) is 10.4. The second kappa shape index (κ2) is 16.9. The van der Waals surface area contributed by atoms with Crippen LogP contribution in [-0.2, 0) is 10.1 Å². The molecule has 0 aromatic rings. The molecule has 1 N–H and O–H groups in total. The maximum Gasteiger partial charge on any atom is 1.00 e. The monoisotopic (exact) mass is 374 g/mol. The van der Waals surface area contributed by atoms with Crippen LogP contribution in [0, 0.1) is 0 Å². The molecule has 0 heterocycles. The van der Waals surface area contributed by atoms with E-state index < -0.39 is 15.4 Å². The molecule has 0 bridgehead atoms. The summed E-state index contributed by atoms with van der Waals surface area (Å²) in [5, 5.41) is 9.09. The van der Waals surface area contributed by atoms with Crippen LogP contribution in [0.15, 0.2) is 0 Å². The Morgan fingerprint density at radius 1 is 0.826 bits per heavy atom. The van der Waals surface area contributed by atoms with Gasteiger partial charge in [0.1, 0.15) is 0 Å². The summed E-state index contributed by atoms with van der Waals surface area (Å²) in [7, 11) is -4.18. The molecule has 134 valence electrons. The molecule has 0 radical (unpaired) electrons. The molecule has 0 aliphatic heterocycles. The average molecular weight is 375 g/mol. The van der Waals surface area contributed by atoms with Crippen molar-refractivity contribution in [2.75, 3.05) is 0 Å². The molecular formula is C17H35KO4S. The average Bonchev–Trinajstić information content (AvgIpc) is 2.45. The molecule has 0 fully saturated rings. The largest absolute Gasteiger partial charge is 1.00 e. The topological polar surface area (TPSA) is 77.4 Å². The summed E-state index contributed by atoms with van der Waals surface area (Å²) < 4.78 is 32.9. The van der Waals surface area contributed by atoms with E-state index in [0.29, 0.717) is 25.7 Å². The smallest absolute Gasteiger partial charge is 0.748 e. The molecule has 0 saturated heterocycles. The zero-order chi connectivity index (χ0) is 16.8. The maximum atomic E-state index is 11.0. The van der Waals surface area contributed by atoms with Gasteiger partial charge >= 0.3 is 51.4 Å². The van der Waals surface area contributed by atoms with Gasteiger partial charge in [-0.2, -0.15) is 0 Å². The molecule has 23 heavy (non-hydrogen) atoms. The fraction of sp³-hybridized carbons (Fsp3) is 1.00. The molecule has 0 spiro atoms. The van der Waals surface area contributed by atoms with Gasteiger partial charge in [-0.15, -0.1) is 0 Å². The van der Waals surface area contributed by atoms with Crippen LogP contribution in [-0.4, -0.2) is 29.4 Å². The van der Waals surface area contributed by atoms with Crippen molar-refractivity contribution < 1.29 is 69.5 Å². The molecule has 0 rings (SSSR count). The third-order valence-electron chi connectivity index (χ3n) is 4.32. The molecule has 0 aliphatic carbocycles. The van der Waals surface area contributed by atoms with Gasteiger partial charge in [-0.1, -0.05) is 65.2 Å². The first-order valence-electron chi connectivity index (χ1n) is 9.04. The van der Waals surface area contributed by atoms with Gasteiger partial charge in [0.25, 0.3) is 0 Å². The predicted molar refractivity (Wildman–Crippen MR) is 90.9 cm³/mol. The standard InChI is InChI=1S/C17H36O4S.K/c1-3-5-6-7-8-9-10-11-13-16(18)14-12-15-17(4-2)22(19,20)21;/h16-18H,3-15H2,1-2H3,(H,19,20,21);/q;+1/p-1. The Kier molecular flexibility index (Phi) is 19.7. The Hall–Kier alpha value is 1.51. The molecule has 2 atom stereocenters. The molecule has 0 amide bonds. The van der Waals surface area contributed by atoms with Crippen LogP contribution in [0.25, 0.3) is 0 Å². The summed E-state index contributed by atoms with van der Waals surface area (Å²) in [6, 6.07) is 0. The second-order valence-corrected chi connectivity index (χ2v) is 8.02. The SMILES string of the molecule is CCCCCCCCCCC(O)CCCC(CC)S(=O)(=O)[O-].[K+]. The van der Waals surface area contributed by atoms with Gasteiger partial charge in [0, 0.05) is 5.25 Å². The van der Waals surface area contributed by atoms with E-state index >= 15 is 0 Å². The Bertz CT molecular complexity index is 347. The molecular weight excluding hydrogens is 339 g/mol. The van der Waals surface area contributed by atoms with Crippen LogP contribution >= 0.6 is 0 Å². The third kappa shape index (κ3) is 16.7. The summed E-state index contributed by atoms with van der Waals surface area (Å²) in [5.41, 5.74) is 0. The Labute approximate surface area is 186 Å². The second-order valence-electron chi connectivity index (χ2n) is 6.37. The van der Waals surface area contributed by atoms with Crippen LogP contribution in [0.5, 0.6) is 0 Å². The quantitative estimate of drug-likeness (QED) is 0.267. The van der Waals surface area contributed by atoms with Crippen molar-refractivity contribution >= 4 is 10.1 Å². The molecule has 0 aromatic carbocycles. The molecule has 2 unspecified atom stereocenters. The van der Waals surface area contributed by atoms with Crippen molar-refractivity contribution in [3.8, 4) is 0 Å². The van der Waals surface area contributed by atoms with E-state index in [1.54, 1.807) is 6.92 Å². The van der Waals surface area contributed by atoms with Crippen molar-refractivity contribution in [2.45, 2.75) is 109 Å². The summed E-state index contributed by atoms with van der Waals surface area (Å²) in [5.74, 6) is 0. The van der Waals surface area contributed by atoms with Crippen molar-refractivity contribution in [3.05, 3.63) is 0 Å². The molecule has 0 saturated carbocycles. The van der Waals surface area contributed by atoms with E-state index in [2.05, 4.69) is 6.92 Å². The Balaban J connectivity index is 0. The van der Waals surface area contributed by atoms with Crippen molar-refractivity contribution in [2.24, 2.45) is 0 Å². The van der Waals surface area contributed by atoms with E-state index in [1.807, 2.05) is 0 Å². The van der Waals surface area contributed by atoms with Gasteiger partial charge in [-0.3, -0.25) is 0 Å². The number of hydrogen-bond donors (Lipinski definition) is 1. The number of aliphatic hydroxyl groups is 1. The van der Waals surface area contributed by atoms with Crippen molar-refractivity contribution in [3.63, 3.8) is 0 Å². The minimum atomic E-state index is -4.18. The molecule has 0 aliphatic rings. The van der Waals surface area contributed by atoms with Crippen LogP contribution in [0.2, 0.25) is 0 Å². The zero-order valence-electron chi connectivity index (χ0n) is 15.4. The summed E-state index contributed by atoms with van der Waals surface area (Å²) in [6.07, 6.45) is 12.4. The summed E-state index contributed by atoms with van der Waals surface area (Å²) >= 11 is 0. The maximum absolute atomic E-state index is 11.0. The minimum absolute atomic E-state index is 0. The van der Waals surface area contributed by atoms with Crippen LogP contribution in [0.1, 0.15) is 97.3 Å². The third-order valence-corrected chi connectivity index (χ3v) is 5.70. The number of unbranched alkanes of at least 4 members (excludes halogenated alkanes) is 7. The summed E-state index contributed by atoms with van der Waals surface area (Å²) in [4.78, 5) is 0. The van der Waals surface area contributed by atoms with Crippen molar-refractivity contribution in [1.29, 1.82) is 0 Å². The van der Waals surface area contributed by atoms with Gasteiger partial charge < -0.3 is 9.66 Å². The van der Waals surface area contributed by atoms with E-state index in [9.17, 15) is 18.1 Å². The van der Waals surface area contributed by atoms with Gasteiger partial charge in [0.15, 0.2) is 0 Å². The number of rotatable bonds is 15. The fourth-order valence-corrected chi connectivity index (χ4v) is 3.66. The molecule has 0 aromatic heterocycles. The first-order valence-corrected chi connectivity index (χ1v) is 10.5. The molecule has 4 nitrogen and oxygen atoms in total. The van der Waals surface area contributed by atoms with E-state index in [0.717, 1.165) is 19.3 Å². The zero-order valence-corrected chi connectivity index (χ0v) is 19.4. The van der Waals surface area contributed by atoms with Crippen molar-refractivity contribution in [1.82, 2.24) is 0 Å². The van der Waals surface area contributed by atoms with Gasteiger partial charge in [-0.25, -0.2) is 8.42 Å². The number of hydrogen-bond acceptors (Lipinski definition) is 4. The van der Waals surface area contributed by atoms with Gasteiger partial charge in [-0.05, 0) is 32.1 Å². The van der Waals surface area contributed by atoms with Crippen LogP contribution in [0.4, 0.5) is 0 Å². The van der Waals surface area contributed by atoms with Crippen LogP contribution < -0.4 is 51.4 Å². The summed E-state index contributed by atoms with van der Waals surface area (Å²) in [6.45, 7) is 3.94. The predicted octanol–water partition coefficient (Wildman–Crippen LogP) is 1.38. The first kappa shape index (κ1) is 26.7. The van der Waals surface area contributed by atoms with E-state index in [4.69, 9.17) is 0 Å². The normalized spacial score (nSPS) is 14.3. The van der Waals surface area contributed by atoms with E-state index in [1.165, 1.54) is 38.5 Å². The van der Waals surface area contributed by atoms with E-state index in [-0.39, 0.29) is 57.5 Å². The fourth-order valence-electron chi connectivity index (χ4n) is 2.79. The Morgan fingerprint density at radius 2 is 1.30 bits per heavy atom. The molecule has 6 heteroatoms. The Morgan fingerprint density at radius 3 is 1.78 bits per heavy atom. The number of aliphatic hydroxyl groups excluding tert-OH is 1. The van der Waals surface area contributed by atoms with Gasteiger partial charge in [0.05, 0.1) is 16.2 Å².